The van der Waals surface area contributed by atoms with Crippen molar-refractivity contribution in [2.45, 2.75) is 63.6 Å². The minimum atomic E-state index is -4.58. The van der Waals surface area contributed by atoms with Gasteiger partial charge in [0.1, 0.15) is 6.04 Å². The second-order valence-corrected chi connectivity index (χ2v) is 16.4. The maximum atomic E-state index is 14.4. The molecule has 0 radical (unpaired) electrons. The van der Waals surface area contributed by atoms with Crippen LogP contribution in [0, 0.1) is 24.2 Å². The lowest BCUT2D eigenvalue weighted by molar-refractivity contribution is -0.137. The number of amides is 2. The van der Waals surface area contributed by atoms with E-state index in [0.717, 1.165) is 92.4 Å². The minimum absolute atomic E-state index is 0.0181. The van der Waals surface area contributed by atoms with E-state index in [1.165, 1.54) is 11.6 Å². The van der Waals surface area contributed by atoms with Gasteiger partial charge in [0.05, 0.1) is 39.8 Å². The van der Waals surface area contributed by atoms with Gasteiger partial charge in [0.2, 0.25) is 11.8 Å². The largest absolute Gasteiger partial charge is 0.418 e. The Hall–Kier alpha value is -5.55. The number of hydrogen-bond acceptors (Lipinski definition) is 9. The molecule has 0 saturated carbocycles. The fraction of sp³-hybridized carbons (Fsp3) is 0.455. The van der Waals surface area contributed by atoms with E-state index in [1.807, 2.05) is 43.1 Å². The van der Waals surface area contributed by atoms with Crippen molar-refractivity contribution in [2.75, 3.05) is 72.9 Å². The molecule has 3 fully saturated rings. The van der Waals surface area contributed by atoms with Crippen LogP contribution in [-0.4, -0.2) is 80.2 Å². The zero-order valence-corrected chi connectivity index (χ0v) is 33.2. The summed E-state index contributed by atoms with van der Waals surface area (Å²) in [7, 11) is 3.90. The van der Waals surface area contributed by atoms with Crippen molar-refractivity contribution in [2.24, 2.45) is 13.0 Å². The normalized spacial score (nSPS) is 19.9. The second kappa shape index (κ2) is 15.7. The molecular weight excluding hydrogens is 746 g/mol. The molecule has 0 spiro atoms. The molecule has 8 rings (SSSR count). The number of benzene rings is 3. The Morgan fingerprint density at radius 2 is 1.57 bits per heavy atom. The van der Waals surface area contributed by atoms with E-state index in [4.69, 9.17) is 0 Å². The van der Waals surface area contributed by atoms with Crippen LogP contribution in [0.5, 0.6) is 0 Å². The van der Waals surface area contributed by atoms with Crippen LogP contribution in [0.3, 0.4) is 0 Å². The molecule has 11 nitrogen and oxygen atoms in total. The Morgan fingerprint density at radius 1 is 0.828 bits per heavy atom. The number of hydrogen-bond donors (Lipinski definition) is 2. The van der Waals surface area contributed by atoms with Gasteiger partial charge in [0.25, 0.3) is 5.56 Å². The van der Waals surface area contributed by atoms with E-state index in [2.05, 4.69) is 50.6 Å². The number of anilines is 5. The van der Waals surface area contributed by atoms with E-state index < -0.39 is 23.7 Å². The molecule has 3 aromatic carbocycles. The highest BCUT2D eigenvalue weighted by molar-refractivity contribution is 6.01. The standard InChI is InChI=1S/C44H49F3N8O3/c1-27-20-33-38(52(3)43(27)58)22-31(23-39(33)55-19-18-51(2)37-7-4-29(25-48)21-40(37)55)30-12-14-53(15-13-30)26-28-10-16-54(17-11-28)36-8-5-32(24-34(36)44(45,46)47)49-35-6-9-41(56)50-42(35)57/h4-5,7-8,20-24,28,30,35,49H,6,9-19,26H2,1-3H3,(H,50,56,57). The van der Waals surface area contributed by atoms with Gasteiger partial charge in [0.15, 0.2) is 0 Å². The maximum absolute atomic E-state index is 14.4. The summed E-state index contributed by atoms with van der Waals surface area (Å²) in [4.78, 5) is 45.8. The van der Waals surface area contributed by atoms with Crippen molar-refractivity contribution in [1.82, 2.24) is 14.8 Å². The highest BCUT2D eigenvalue weighted by atomic mass is 19.4. The minimum Gasteiger partial charge on any atom is -0.374 e. The first-order valence-electron chi connectivity index (χ1n) is 20.2. The third-order valence-electron chi connectivity index (χ3n) is 12.7. The second-order valence-electron chi connectivity index (χ2n) is 16.4. The van der Waals surface area contributed by atoms with Gasteiger partial charge >= 0.3 is 6.18 Å². The summed E-state index contributed by atoms with van der Waals surface area (Å²) in [6, 6.07) is 18.0. The predicted molar refractivity (Wildman–Crippen MR) is 220 cm³/mol. The van der Waals surface area contributed by atoms with Gasteiger partial charge in [-0.2, -0.15) is 18.4 Å². The monoisotopic (exact) mass is 794 g/mol. The van der Waals surface area contributed by atoms with Crippen LogP contribution < -0.4 is 30.9 Å². The number of carbonyl (C=O) groups is 2. The number of rotatable bonds is 7. The lowest BCUT2D eigenvalue weighted by Gasteiger charge is -2.40. The third kappa shape index (κ3) is 7.72. The zero-order chi connectivity index (χ0) is 40.9. The van der Waals surface area contributed by atoms with Gasteiger partial charge < -0.3 is 29.5 Å². The number of nitrogens with zero attached hydrogens (tertiary/aromatic N) is 6. The van der Waals surface area contributed by atoms with Gasteiger partial charge in [-0.1, -0.05) is 0 Å². The van der Waals surface area contributed by atoms with E-state index >= 15 is 0 Å². The van der Waals surface area contributed by atoms with Gasteiger partial charge in [-0.05, 0) is 124 Å². The molecule has 1 atom stereocenters. The van der Waals surface area contributed by atoms with E-state index in [9.17, 15) is 32.8 Å². The molecule has 0 bridgehead atoms. The molecular formula is C44H49F3N8O3. The quantitative estimate of drug-likeness (QED) is 0.199. The number of nitrogens with one attached hydrogen (secondary N) is 2. The summed E-state index contributed by atoms with van der Waals surface area (Å²) in [6.45, 7) is 7.17. The van der Waals surface area contributed by atoms with E-state index in [0.29, 0.717) is 36.1 Å². The predicted octanol–water partition coefficient (Wildman–Crippen LogP) is 6.64. The Kier molecular flexibility index (Phi) is 10.6. The molecule has 1 unspecified atom stereocenters. The number of halogens is 3. The van der Waals surface area contributed by atoms with Crippen molar-refractivity contribution < 1.29 is 22.8 Å². The summed E-state index contributed by atoms with van der Waals surface area (Å²) >= 11 is 0. The van der Waals surface area contributed by atoms with Gasteiger partial charge in [-0.15, -0.1) is 0 Å². The molecule has 5 heterocycles. The fourth-order valence-corrected chi connectivity index (χ4v) is 9.39. The topological polar surface area (TPSA) is 117 Å². The van der Waals surface area contributed by atoms with Gasteiger partial charge in [-0.25, -0.2) is 0 Å². The number of aromatic nitrogens is 1. The molecule has 4 aromatic rings. The maximum Gasteiger partial charge on any atom is 0.418 e. The Labute approximate surface area is 336 Å². The molecule has 2 amide bonds. The van der Waals surface area contributed by atoms with Gasteiger partial charge in [-0.3, -0.25) is 19.7 Å². The molecule has 14 heteroatoms. The average Bonchev–Trinajstić information content (AvgIpc) is 3.21. The number of fused-ring (bicyclic) bond motifs is 2. The lowest BCUT2D eigenvalue weighted by atomic mass is 9.87. The summed E-state index contributed by atoms with van der Waals surface area (Å²) in [5, 5.41) is 15.9. The lowest BCUT2D eigenvalue weighted by Crippen LogP contribution is -2.47. The van der Waals surface area contributed by atoms with Crippen LogP contribution in [0.4, 0.5) is 41.6 Å². The van der Waals surface area contributed by atoms with Crippen LogP contribution in [0.15, 0.2) is 59.4 Å². The number of piperidine rings is 3. The average molecular weight is 795 g/mol. The van der Waals surface area contributed by atoms with Crippen molar-refractivity contribution in [3.8, 4) is 6.07 Å². The van der Waals surface area contributed by atoms with E-state index in [-0.39, 0.29) is 35.7 Å². The number of pyridine rings is 1. The van der Waals surface area contributed by atoms with Crippen molar-refractivity contribution >= 4 is 51.2 Å². The summed E-state index contributed by atoms with van der Waals surface area (Å²) in [5.41, 5.74) is 6.04. The number of likely N-dealkylation sites (tertiary alicyclic amines) is 1. The summed E-state index contributed by atoms with van der Waals surface area (Å²) < 4.78 is 44.8. The molecule has 0 aliphatic carbocycles. The first-order valence-corrected chi connectivity index (χ1v) is 20.2. The van der Waals surface area contributed by atoms with Crippen molar-refractivity contribution in [3.05, 3.63) is 87.2 Å². The smallest absolute Gasteiger partial charge is 0.374 e. The van der Waals surface area contributed by atoms with Crippen molar-refractivity contribution in [1.29, 1.82) is 5.26 Å². The Balaban J connectivity index is 0.942. The molecule has 1 aromatic heterocycles. The molecule has 3 saturated heterocycles. The third-order valence-corrected chi connectivity index (χ3v) is 12.7. The molecule has 4 aliphatic rings. The van der Waals surface area contributed by atoms with Crippen LogP contribution in [-0.2, 0) is 22.8 Å². The number of carbonyl (C=O) groups excluding carboxylic acids is 2. The fourth-order valence-electron chi connectivity index (χ4n) is 9.39. The number of likely N-dealkylation sites (N-methyl/N-ethyl adjacent to an activating group) is 1. The van der Waals surface area contributed by atoms with Crippen LogP contribution in [0.25, 0.3) is 10.9 Å². The molecule has 2 N–H and O–H groups in total. The Morgan fingerprint density at radius 3 is 2.28 bits per heavy atom. The molecule has 58 heavy (non-hydrogen) atoms. The van der Waals surface area contributed by atoms with Gasteiger partial charge in [0, 0.05) is 75.6 Å². The highest BCUT2D eigenvalue weighted by Crippen LogP contribution is 2.44. The Bertz CT molecular complexity index is 2360. The number of nitriles is 1. The first kappa shape index (κ1) is 39.3. The SMILES string of the molecule is Cc1cc2c(N3CCN(C)c4ccc(C#N)cc43)cc(C3CCN(CC4CCN(c5ccc(NC6CCC(=O)NC6=O)cc5C(F)(F)F)CC4)CC3)cc2n(C)c1=O. The van der Waals surface area contributed by atoms with Crippen molar-refractivity contribution in [3.63, 3.8) is 0 Å². The van der Waals surface area contributed by atoms with E-state index in [1.54, 1.807) is 10.6 Å². The van der Waals surface area contributed by atoms with Crippen LogP contribution in [0.2, 0.25) is 0 Å². The number of alkyl halides is 3. The van der Waals surface area contributed by atoms with Crippen LogP contribution >= 0.6 is 0 Å². The van der Waals surface area contributed by atoms with Crippen LogP contribution in [0.1, 0.15) is 66.7 Å². The molecule has 4 aliphatic heterocycles. The summed E-state index contributed by atoms with van der Waals surface area (Å²) in [5.74, 6) is -0.247. The number of imide groups is 1. The highest BCUT2D eigenvalue weighted by Gasteiger charge is 2.37. The first-order chi connectivity index (χ1) is 27.8. The number of aryl methyl sites for hydroxylation is 2. The summed E-state index contributed by atoms with van der Waals surface area (Å²) in [6.07, 6.45) is -0.735. The molecule has 304 valence electrons. The zero-order valence-electron chi connectivity index (χ0n) is 33.2.